The van der Waals surface area contributed by atoms with Crippen LogP contribution < -0.4 is 5.73 Å². The van der Waals surface area contributed by atoms with Crippen LogP contribution in [-0.2, 0) is 0 Å². The van der Waals surface area contributed by atoms with Gasteiger partial charge in [-0.2, -0.15) is 0 Å². The van der Waals surface area contributed by atoms with E-state index in [1.807, 2.05) is 24.3 Å². The van der Waals surface area contributed by atoms with Crippen molar-refractivity contribution in [2.24, 2.45) is 0 Å². The maximum atomic E-state index is 10.0. The lowest BCUT2D eigenvalue weighted by Gasteiger charge is -1.92. The third-order valence-corrected chi connectivity index (χ3v) is 2.37. The van der Waals surface area contributed by atoms with Crippen LogP contribution in [0.25, 0.3) is 0 Å². The molecular weight excluding hydrogens is 234 g/mol. The summed E-state index contributed by atoms with van der Waals surface area (Å²) >= 11 is 4.07. The minimum atomic E-state index is 0.181. The van der Waals surface area contributed by atoms with Gasteiger partial charge in [0.05, 0.1) is 0 Å². The number of para-hydroxylation sites is 1. The molecule has 0 spiro atoms. The predicted molar refractivity (Wildman–Crippen MR) is 71.6 cm³/mol. The molecule has 0 amide bonds. The molecule has 3 nitrogen and oxygen atoms in total. The molecule has 88 valence electrons. The summed E-state index contributed by atoms with van der Waals surface area (Å²) < 4.78 is 0. The van der Waals surface area contributed by atoms with Gasteiger partial charge < -0.3 is 10.8 Å². The number of aromatic hydroxyl groups is 1. The number of rotatable bonds is 1. The first-order chi connectivity index (χ1) is 8.13. The smallest absolute Gasteiger partial charge is 0.150 e. The van der Waals surface area contributed by atoms with E-state index in [-0.39, 0.29) is 5.75 Å². The second-order valence-electron chi connectivity index (χ2n) is 3.27. The fraction of sp³-hybridized carbons (Fsp3) is 0. The van der Waals surface area contributed by atoms with Gasteiger partial charge in [0.15, 0.2) is 0 Å². The van der Waals surface area contributed by atoms with Gasteiger partial charge in [0.25, 0.3) is 0 Å². The van der Waals surface area contributed by atoms with Crippen molar-refractivity contribution in [3.8, 4) is 5.75 Å². The second kappa shape index (κ2) is 6.60. The van der Waals surface area contributed by atoms with Crippen LogP contribution in [0.3, 0.4) is 0 Å². The number of nitrogens with two attached hydrogens (primary N) is 1. The number of carbonyl (C=O) groups is 1. The number of benzene rings is 2. The van der Waals surface area contributed by atoms with E-state index in [4.69, 9.17) is 10.8 Å². The fourth-order valence-electron chi connectivity index (χ4n) is 1.04. The molecule has 0 atom stereocenters. The Morgan fingerprint density at radius 2 is 1.65 bits per heavy atom. The van der Waals surface area contributed by atoms with Crippen molar-refractivity contribution in [2.75, 3.05) is 5.73 Å². The normalized spacial score (nSPS) is 9.00. The number of phenolic OH excluding ortho intramolecular Hbond substituents is 1. The quantitative estimate of drug-likeness (QED) is 0.412. The van der Waals surface area contributed by atoms with Crippen LogP contribution >= 0.6 is 12.6 Å². The average Bonchev–Trinajstić information content (AvgIpc) is 2.35. The SMILES string of the molecule is Nc1ccccc1S.O=Cc1ccc(O)cc1. The molecule has 2 rings (SSSR count). The summed E-state index contributed by atoms with van der Waals surface area (Å²) in [5.74, 6) is 0.181. The molecule has 0 bridgehead atoms. The van der Waals surface area contributed by atoms with Crippen LogP contribution in [0.4, 0.5) is 5.69 Å². The Kier molecular flexibility index (Phi) is 5.10. The highest BCUT2D eigenvalue weighted by Gasteiger charge is 1.87. The summed E-state index contributed by atoms with van der Waals surface area (Å²) in [5.41, 5.74) is 6.75. The van der Waals surface area contributed by atoms with Crippen molar-refractivity contribution < 1.29 is 9.90 Å². The van der Waals surface area contributed by atoms with Crippen molar-refractivity contribution in [3.63, 3.8) is 0 Å². The van der Waals surface area contributed by atoms with Gasteiger partial charge in [-0.05, 0) is 36.4 Å². The van der Waals surface area contributed by atoms with Gasteiger partial charge in [-0.15, -0.1) is 12.6 Å². The maximum Gasteiger partial charge on any atom is 0.150 e. The van der Waals surface area contributed by atoms with Gasteiger partial charge in [-0.25, -0.2) is 0 Å². The minimum absolute atomic E-state index is 0.181. The summed E-state index contributed by atoms with van der Waals surface area (Å²) in [6, 6.07) is 13.5. The van der Waals surface area contributed by atoms with Gasteiger partial charge in [-0.3, -0.25) is 4.79 Å². The third-order valence-electron chi connectivity index (χ3n) is 1.97. The van der Waals surface area contributed by atoms with E-state index >= 15 is 0 Å². The number of phenols is 1. The molecule has 17 heavy (non-hydrogen) atoms. The fourth-order valence-corrected chi connectivity index (χ4v) is 1.20. The van der Waals surface area contributed by atoms with E-state index in [9.17, 15) is 4.79 Å². The highest BCUT2D eigenvalue weighted by Crippen LogP contribution is 2.13. The van der Waals surface area contributed by atoms with Crippen molar-refractivity contribution in [1.82, 2.24) is 0 Å². The first-order valence-corrected chi connectivity index (χ1v) is 5.36. The number of hydrogen-bond donors (Lipinski definition) is 3. The van der Waals surface area contributed by atoms with Crippen LogP contribution in [0.2, 0.25) is 0 Å². The molecule has 0 saturated carbocycles. The number of anilines is 1. The van der Waals surface area contributed by atoms with E-state index in [0.717, 1.165) is 16.9 Å². The van der Waals surface area contributed by atoms with Crippen LogP contribution in [0.15, 0.2) is 53.4 Å². The average molecular weight is 247 g/mol. The van der Waals surface area contributed by atoms with Gasteiger partial charge >= 0.3 is 0 Å². The molecule has 0 aliphatic rings. The molecule has 3 N–H and O–H groups in total. The lowest BCUT2D eigenvalue weighted by molar-refractivity contribution is 0.112. The molecule has 0 fully saturated rings. The number of aldehydes is 1. The van der Waals surface area contributed by atoms with Gasteiger partial charge in [0.2, 0.25) is 0 Å². The highest BCUT2D eigenvalue weighted by molar-refractivity contribution is 7.80. The zero-order valence-electron chi connectivity index (χ0n) is 9.08. The van der Waals surface area contributed by atoms with Crippen molar-refractivity contribution >= 4 is 24.6 Å². The Labute approximate surface area is 105 Å². The van der Waals surface area contributed by atoms with Gasteiger partial charge in [0.1, 0.15) is 12.0 Å². The summed E-state index contributed by atoms with van der Waals surface area (Å²) in [4.78, 5) is 10.9. The zero-order chi connectivity index (χ0) is 12.7. The van der Waals surface area contributed by atoms with Crippen LogP contribution in [0.5, 0.6) is 5.75 Å². The Morgan fingerprint density at radius 3 is 2.06 bits per heavy atom. The van der Waals surface area contributed by atoms with E-state index in [0.29, 0.717) is 5.56 Å². The van der Waals surface area contributed by atoms with Gasteiger partial charge in [-0.1, -0.05) is 12.1 Å². The predicted octanol–water partition coefficient (Wildman–Crippen LogP) is 2.76. The largest absolute Gasteiger partial charge is 0.508 e. The summed E-state index contributed by atoms with van der Waals surface area (Å²) in [7, 11) is 0. The Morgan fingerprint density at radius 1 is 1.06 bits per heavy atom. The van der Waals surface area contributed by atoms with E-state index in [1.165, 1.54) is 12.1 Å². The number of hydrogen-bond acceptors (Lipinski definition) is 4. The van der Waals surface area contributed by atoms with Crippen molar-refractivity contribution in [2.45, 2.75) is 4.90 Å². The summed E-state index contributed by atoms with van der Waals surface area (Å²) in [6.45, 7) is 0. The third kappa shape index (κ3) is 4.61. The first-order valence-electron chi connectivity index (χ1n) is 4.91. The van der Waals surface area contributed by atoms with E-state index < -0.39 is 0 Å². The second-order valence-corrected chi connectivity index (χ2v) is 3.75. The molecule has 2 aromatic rings. The molecule has 0 aliphatic heterocycles. The number of carbonyl (C=O) groups excluding carboxylic acids is 1. The first kappa shape index (κ1) is 13.1. The summed E-state index contributed by atoms with van der Waals surface area (Å²) in [5, 5.41) is 8.74. The Balaban J connectivity index is 0.000000171. The number of nitrogen functional groups attached to an aromatic ring is 1. The minimum Gasteiger partial charge on any atom is -0.508 e. The van der Waals surface area contributed by atoms with Crippen molar-refractivity contribution in [3.05, 3.63) is 54.1 Å². The lowest BCUT2D eigenvalue weighted by atomic mass is 10.2. The van der Waals surface area contributed by atoms with Crippen LogP contribution in [0, 0.1) is 0 Å². The molecular formula is C13H13NO2S. The van der Waals surface area contributed by atoms with Gasteiger partial charge in [0, 0.05) is 16.1 Å². The molecule has 0 aliphatic carbocycles. The molecule has 0 radical (unpaired) electrons. The molecule has 2 aromatic carbocycles. The monoisotopic (exact) mass is 247 g/mol. The molecule has 0 saturated heterocycles. The van der Waals surface area contributed by atoms with E-state index in [2.05, 4.69) is 12.6 Å². The Hall–Kier alpha value is -1.94. The Bertz CT molecular complexity index is 462. The van der Waals surface area contributed by atoms with Crippen molar-refractivity contribution in [1.29, 1.82) is 0 Å². The molecule has 4 heteroatoms. The standard InChI is InChI=1S/C7H6O2.C6H7NS/c8-5-6-1-3-7(9)4-2-6;7-5-3-1-2-4-6(5)8/h1-5,9H;1-4,8H,7H2. The van der Waals surface area contributed by atoms with Crippen LogP contribution in [-0.4, -0.2) is 11.4 Å². The lowest BCUT2D eigenvalue weighted by Crippen LogP contribution is -1.83. The molecule has 0 heterocycles. The van der Waals surface area contributed by atoms with Crippen LogP contribution in [0.1, 0.15) is 10.4 Å². The topological polar surface area (TPSA) is 63.3 Å². The molecule has 0 unspecified atom stereocenters. The number of thiol groups is 1. The molecule has 0 aromatic heterocycles. The highest BCUT2D eigenvalue weighted by atomic mass is 32.1. The zero-order valence-corrected chi connectivity index (χ0v) is 9.97. The summed E-state index contributed by atoms with van der Waals surface area (Å²) in [6.07, 6.45) is 0.736. The van der Waals surface area contributed by atoms with E-state index in [1.54, 1.807) is 12.1 Å². The maximum absolute atomic E-state index is 10.0.